The van der Waals surface area contributed by atoms with Crippen molar-refractivity contribution in [2.45, 2.75) is 45.4 Å². The molecule has 0 atom stereocenters. The zero-order valence-electron chi connectivity index (χ0n) is 18.4. The number of pyridine rings is 1. The highest BCUT2D eigenvalue weighted by molar-refractivity contribution is 5.79. The molecule has 0 N–H and O–H groups in total. The van der Waals surface area contributed by atoms with Crippen LogP contribution in [0.15, 0.2) is 47.0 Å². The molecule has 0 unspecified atom stereocenters. The van der Waals surface area contributed by atoms with Crippen molar-refractivity contribution in [2.75, 3.05) is 20.2 Å². The van der Waals surface area contributed by atoms with Gasteiger partial charge in [-0.25, -0.2) is 0 Å². The number of benzene rings is 1. The minimum atomic E-state index is 0.150. The zero-order chi connectivity index (χ0) is 21.8. The predicted molar refractivity (Wildman–Crippen MR) is 119 cm³/mol. The number of ether oxygens (including phenoxy) is 1. The van der Waals surface area contributed by atoms with Gasteiger partial charge in [-0.15, -0.1) is 0 Å². The van der Waals surface area contributed by atoms with E-state index in [1.807, 2.05) is 42.2 Å². The van der Waals surface area contributed by atoms with Gasteiger partial charge in [-0.2, -0.15) is 0 Å². The van der Waals surface area contributed by atoms with Crippen LogP contribution in [0.2, 0.25) is 0 Å². The maximum Gasteiger partial charge on any atom is 0.227 e. The molecular weight excluding hydrogens is 390 g/mol. The molecule has 4 rings (SSSR count). The van der Waals surface area contributed by atoms with Crippen LogP contribution in [-0.2, 0) is 17.6 Å². The first-order valence-electron chi connectivity index (χ1n) is 10.9. The smallest absolute Gasteiger partial charge is 0.227 e. The van der Waals surface area contributed by atoms with Gasteiger partial charge in [0.15, 0.2) is 0 Å². The van der Waals surface area contributed by atoms with Crippen LogP contribution in [0.1, 0.15) is 48.4 Å². The Hall–Kier alpha value is -3.15. The summed E-state index contributed by atoms with van der Waals surface area (Å²) in [4.78, 5) is 19.7. The molecule has 162 valence electrons. The molecule has 0 bridgehead atoms. The molecule has 31 heavy (non-hydrogen) atoms. The number of nitrogens with zero attached hydrogens (tertiary/aromatic N) is 3. The lowest BCUT2D eigenvalue weighted by molar-refractivity contribution is -0.131. The van der Waals surface area contributed by atoms with E-state index in [0.29, 0.717) is 12.3 Å². The second-order valence-corrected chi connectivity index (χ2v) is 8.01. The second-order valence-electron chi connectivity index (χ2n) is 8.01. The SMILES string of the molecule is CCc1onc(C)c1-c1cccc(C2CCN(C(=O)Cc3ccccc3OC)CC2)n1. The summed E-state index contributed by atoms with van der Waals surface area (Å²) in [5.74, 6) is 2.14. The van der Waals surface area contributed by atoms with Gasteiger partial charge in [0.05, 0.1) is 30.5 Å². The van der Waals surface area contributed by atoms with Crippen LogP contribution >= 0.6 is 0 Å². The third-order valence-corrected chi connectivity index (χ3v) is 6.08. The van der Waals surface area contributed by atoms with Gasteiger partial charge >= 0.3 is 0 Å². The Kier molecular flexibility index (Phi) is 6.35. The topological polar surface area (TPSA) is 68.5 Å². The van der Waals surface area contributed by atoms with E-state index < -0.39 is 0 Å². The van der Waals surface area contributed by atoms with Gasteiger partial charge in [-0.05, 0) is 38.0 Å². The van der Waals surface area contributed by atoms with E-state index in [1.165, 1.54) is 0 Å². The van der Waals surface area contributed by atoms with Gasteiger partial charge < -0.3 is 14.2 Å². The number of hydrogen-bond donors (Lipinski definition) is 0. The molecular formula is C25H29N3O3. The summed E-state index contributed by atoms with van der Waals surface area (Å²) >= 11 is 0. The van der Waals surface area contributed by atoms with Crippen LogP contribution in [0.3, 0.4) is 0 Å². The van der Waals surface area contributed by atoms with Gasteiger partial charge in [0, 0.05) is 36.7 Å². The number of rotatable bonds is 6. The molecule has 3 aromatic rings. The fourth-order valence-electron chi connectivity index (χ4n) is 4.35. The molecule has 1 amide bonds. The average molecular weight is 420 g/mol. The summed E-state index contributed by atoms with van der Waals surface area (Å²) in [5.41, 5.74) is 4.81. The number of aromatic nitrogens is 2. The molecule has 6 nitrogen and oxygen atoms in total. The molecule has 1 saturated heterocycles. The number of carbonyl (C=O) groups is 1. The Morgan fingerprint density at radius 2 is 1.94 bits per heavy atom. The highest BCUT2D eigenvalue weighted by atomic mass is 16.5. The van der Waals surface area contributed by atoms with E-state index >= 15 is 0 Å². The molecule has 1 fully saturated rings. The molecule has 0 spiro atoms. The lowest BCUT2D eigenvalue weighted by Gasteiger charge is -2.32. The average Bonchev–Trinajstić information content (AvgIpc) is 3.20. The van der Waals surface area contributed by atoms with Gasteiger partial charge in [0.2, 0.25) is 5.91 Å². The fourth-order valence-corrected chi connectivity index (χ4v) is 4.35. The first kappa shape index (κ1) is 21.1. The Labute approximate surface area is 183 Å². The molecule has 0 saturated carbocycles. The number of piperidine rings is 1. The lowest BCUT2D eigenvalue weighted by atomic mass is 9.92. The quantitative estimate of drug-likeness (QED) is 0.586. The van der Waals surface area contributed by atoms with Crippen LogP contribution in [-0.4, -0.2) is 41.1 Å². The normalized spacial score (nSPS) is 14.6. The molecule has 2 aromatic heterocycles. The fraction of sp³-hybridized carbons (Fsp3) is 0.400. The van der Waals surface area contributed by atoms with Crippen molar-refractivity contribution in [3.8, 4) is 17.0 Å². The molecule has 6 heteroatoms. The monoisotopic (exact) mass is 419 g/mol. The third kappa shape index (κ3) is 4.48. The summed E-state index contributed by atoms with van der Waals surface area (Å²) in [6.07, 6.45) is 2.98. The van der Waals surface area contributed by atoms with E-state index in [1.54, 1.807) is 7.11 Å². The lowest BCUT2D eigenvalue weighted by Crippen LogP contribution is -2.39. The van der Waals surface area contributed by atoms with E-state index in [0.717, 1.165) is 72.1 Å². The van der Waals surface area contributed by atoms with Crippen LogP contribution in [0.25, 0.3) is 11.3 Å². The minimum Gasteiger partial charge on any atom is -0.496 e. The highest BCUT2D eigenvalue weighted by Crippen LogP contribution is 2.31. The number of likely N-dealkylation sites (tertiary alicyclic amines) is 1. The summed E-state index contributed by atoms with van der Waals surface area (Å²) in [6, 6.07) is 13.9. The number of hydrogen-bond acceptors (Lipinski definition) is 5. The number of aryl methyl sites for hydroxylation is 2. The van der Waals surface area contributed by atoms with Crippen molar-refractivity contribution < 1.29 is 14.1 Å². The number of para-hydroxylation sites is 1. The first-order chi connectivity index (χ1) is 15.1. The van der Waals surface area contributed by atoms with Crippen molar-refractivity contribution in [1.29, 1.82) is 0 Å². The maximum atomic E-state index is 12.8. The number of carbonyl (C=O) groups excluding carboxylic acids is 1. The zero-order valence-corrected chi connectivity index (χ0v) is 18.4. The summed E-state index contributed by atoms with van der Waals surface area (Å²) in [6.45, 7) is 5.51. The molecule has 1 aliphatic rings. The highest BCUT2D eigenvalue weighted by Gasteiger charge is 2.26. The standard InChI is InChI=1S/C25H29N3O3/c1-4-22-25(17(2)27-31-22)21-10-7-9-20(26-21)18-12-14-28(15-13-18)24(29)16-19-8-5-6-11-23(19)30-3/h5-11,18H,4,12-16H2,1-3H3. The molecule has 0 radical (unpaired) electrons. The van der Waals surface area contributed by atoms with Crippen LogP contribution < -0.4 is 4.74 Å². The van der Waals surface area contributed by atoms with Crippen molar-refractivity contribution in [3.05, 3.63) is 65.2 Å². The van der Waals surface area contributed by atoms with Crippen molar-refractivity contribution in [1.82, 2.24) is 15.0 Å². The second kappa shape index (κ2) is 9.33. The van der Waals surface area contributed by atoms with Gasteiger partial charge in [-0.3, -0.25) is 9.78 Å². The summed E-state index contributed by atoms with van der Waals surface area (Å²) in [5, 5.41) is 4.11. The van der Waals surface area contributed by atoms with Crippen molar-refractivity contribution in [3.63, 3.8) is 0 Å². The molecule has 3 heterocycles. The predicted octanol–water partition coefficient (Wildman–Crippen LogP) is 4.56. The molecule has 1 aromatic carbocycles. The number of methoxy groups -OCH3 is 1. The van der Waals surface area contributed by atoms with Crippen molar-refractivity contribution in [2.24, 2.45) is 0 Å². The Morgan fingerprint density at radius 1 is 1.16 bits per heavy atom. The first-order valence-corrected chi connectivity index (χ1v) is 10.9. The van der Waals surface area contributed by atoms with Crippen LogP contribution in [0.4, 0.5) is 0 Å². The molecule has 1 aliphatic heterocycles. The van der Waals surface area contributed by atoms with E-state index in [4.69, 9.17) is 14.2 Å². The Bertz CT molecular complexity index is 1050. The summed E-state index contributed by atoms with van der Waals surface area (Å²) in [7, 11) is 1.64. The van der Waals surface area contributed by atoms with Crippen LogP contribution in [0, 0.1) is 6.92 Å². The van der Waals surface area contributed by atoms with Crippen molar-refractivity contribution >= 4 is 5.91 Å². The van der Waals surface area contributed by atoms with Crippen LogP contribution in [0.5, 0.6) is 5.75 Å². The minimum absolute atomic E-state index is 0.150. The van der Waals surface area contributed by atoms with E-state index in [-0.39, 0.29) is 5.91 Å². The van der Waals surface area contributed by atoms with Gasteiger partial charge in [-0.1, -0.05) is 36.3 Å². The molecule has 0 aliphatic carbocycles. The summed E-state index contributed by atoms with van der Waals surface area (Å²) < 4.78 is 10.8. The van der Waals surface area contributed by atoms with Gasteiger partial charge in [0.25, 0.3) is 0 Å². The largest absolute Gasteiger partial charge is 0.496 e. The number of amides is 1. The Balaban J connectivity index is 1.42. The third-order valence-electron chi connectivity index (χ3n) is 6.08. The maximum absolute atomic E-state index is 12.8. The van der Waals surface area contributed by atoms with Gasteiger partial charge in [0.1, 0.15) is 11.5 Å². The Morgan fingerprint density at radius 3 is 2.68 bits per heavy atom. The van der Waals surface area contributed by atoms with E-state index in [2.05, 4.69) is 24.2 Å². The van der Waals surface area contributed by atoms with E-state index in [9.17, 15) is 4.79 Å².